The zero-order valence-corrected chi connectivity index (χ0v) is 9.04. The Morgan fingerprint density at radius 1 is 1.38 bits per heavy atom. The number of aromatic nitrogens is 3. The van der Waals surface area contributed by atoms with Crippen LogP contribution in [-0.2, 0) is 7.05 Å². The summed E-state index contributed by atoms with van der Waals surface area (Å²) in [4.78, 5) is 4.32. The molecule has 1 atom stereocenters. The van der Waals surface area contributed by atoms with Gasteiger partial charge in [-0.15, -0.1) is 0 Å². The first-order valence-corrected chi connectivity index (χ1v) is 5.05. The van der Waals surface area contributed by atoms with Crippen LogP contribution in [0.5, 0.6) is 0 Å². The molecule has 1 heterocycles. The van der Waals surface area contributed by atoms with E-state index in [-0.39, 0.29) is 6.61 Å². The summed E-state index contributed by atoms with van der Waals surface area (Å²) in [5, 5.41) is 13.3. The minimum Gasteiger partial charge on any atom is -0.394 e. The second-order valence-corrected chi connectivity index (χ2v) is 3.57. The number of rotatable bonds is 3. The molecule has 1 aromatic carbocycles. The van der Waals surface area contributed by atoms with Gasteiger partial charge in [0.15, 0.2) is 5.82 Å². The van der Waals surface area contributed by atoms with Crippen LogP contribution in [0.4, 0.5) is 0 Å². The van der Waals surface area contributed by atoms with E-state index < -0.39 is 6.04 Å². The van der Waals surface area contributed by atoms with Crippen molar-refractivity contribution in [2.45, 2.75) is 6.04 Å². The van der Waals surface area contributed by atoms with Crippen LogP contribution in [-0.4, -0.2) is 26.5 Å². The molecule has 1 unspecified atom stereocenters. The van der Waals surface area contributed by atoms with E-state index >= 15 is 0 Å². The van der Waals surface area contributed by atoms with E-state index in [2.05, 4.69) is 10.1 Å². The summed E-state index contributed by atoms with van der Waals surface area (Å²) in [6.07, 6.45) is 0. The zero-order valence-electron chi connectivity index (χ0n) is 9.04. The molecule has 3 N–H and O–H groups in total. The summed E-state index contributed by atoms with van der Waals surface area (Å²) in [6.45, 7) is -0.138. The van der Waals surface area contributed by atoms with Crippen LogP contribution in [0.3, 0.4) is 0 Å². The van der Waals surface area contributed by atoms with Gasteiger partial charge in [-0.3, -0.25) is 4.68 Å². The molecule has 0 saturated heterocycles. The minimum absolute atomic E-state index is 0.138. The van der Waals surface area contributed by atoms with Gasteiger partial charge in [-0.25, -0.2) is 4.98 Å². The first-order valence-electron chi connectivity index (χ1n) is 5.05. The van der Waals surface area contributed by atoms with Crippen molar-refractivity contribution >= 4 is 0 Å². The normalized spacial score (nSPS) is 12.7. The lowest BCUT2D eigenvalue weighted by Crippen LogP contribution is -2.19. The summed E-state index contributed by atoms with van der Waals surface area (Å²) in [5.74, 6) is 1.21. The molecule has 0 aliphatic heterocycles. The molecule has 0 aliphatic rings. The molecule has 0 fully saturated rings. The van der Waals surface area contributed by atoms with E-state index in [1.165, 1.54) is 0 Å². The van der Waals surface area contributed by atoms with Crippen molar-refractivity contribution < 1.29 is 5.11 Å². The van der Waals surface area contributed by atoms with E-state index in [9.17, 15) is 0 Å². The van der Waals surface area contributed by atoms with Gasteiger partial charge in [-0.05, 0) is 0 Å². The molecule has 16 heavy (non-hydrogen) atoms. The highest BCUT2D eigenvalue weighted by Gasteiger charge is 2.14. The molecule has 2 aromatic rings. The Morgan fingerprint density at radius 3 is 2.69 bits per heavy atom. The lowest BCUT2D eigenvalue weighted by Gasteiger charge is -2.04. The highest BCUT2D eigenvalue weighted by molar-refractivity contribution is 5.54. The van der Waals surface area contributed by atoms with Gasteiger partial charge in [0.1, 0.15) is 5.82 Å². The van der Waals surface area contributed by atoms with Gasteiger partial charge in [0, 0.05) is 12.6 Å². The van der Waals surface area contributed by atoms with Gasteiger partial charge >= 0.3 is 0 Å². The molecule has 0 radical (unpaired) electrons. The number of hydrogen-bond donors (Lipinski definition) is 2. The lowest BCUT2D eigenvalue weighted by molar-refractivity contribution is 0.260. The Kier molecular flexibility index (Phi) is 2.98. The van der Waals surface area contributed by atoms with Gasteiger partial charge in [-0.1, -0.05) is 30.3 Å². The maximum atomic E-state index is 8.99. The van der Waals surface area contributed by atoms with Crippen molar-refractivity contribution in [2.24, 2.45) is 12.8 Å². The van der Waals surface area contributed by atoms with E-state index in [0.717, 1.165) is 5.56 Å². The first-order chi connectivity index (χ1) is 7.72. The third-order valence-electron chi connectivity index (χ3n) is 2.36. The lowest BCUT2D eigenvalue weighted by atomic mass is 10.2. The average Bonchev–Trinajstić information content (AvgIpc) is 2.71. The van der Waals surface area contributed by atoms with Crippen molar-refractivity contribution in [3.63, 3.8) is 0 Å². The van der Waals surface area contributed by atoms with E-state index in [1.54, 1.807) is 11.7 Å². The maximum Gasteiger partial charge on any atom is 0.181 e. The average molecular weight is 218 g/mol. The van der Waals surface area contributed by atoms with Crippen LogP contribution in [0.1, 0.15) is 11.9 Å². The molecular weight excluding hydrogens is 204 g/mol. The third-order valence-corrected chi connectivity index (χ3v) is 2.36. The second kappa shape index (κ2) is 4.42. The number of aliphatic hydroxyl groups is 1. The largest absolute Gasteiger partial charge is 0.394 e. The van der Waals surface area contributed by atoms with Gasteiger partial charge in [0.25, 0.3) is 0 Å². The Hall–Kier alpha value is -1.72. The van der Waals surface area contributed by atoms with E-state index in [1.807, 2.05) is 30.3 Å². The van der Waals surface area contributed by atoms with Crippen LogP contribution in [0.15, 0.2) is 30.3 Å². The zero-order chi connectivity index (χ0) is 11.5. The van der Waals surface area contributed by atoms with Gasteiger partial charge < -0.3 is 10.8 Å². The van der Waals surface area contributed by atoms with Gasteiger partial charge in [0.2, 0.25) is 0 Å². The Bertz CT molecular complexity index is 466. The molecule has 2 rings (SSSR count). The fourth-order valence-corrected chi connectivity index (χ4v) is 1.51. The maximum absolute atomic E-state index is 8.99. The molecule has 0 bridgehead atoms. The van der Waals surface area contributed by atoms with Crippen LogP contribution in [0, 0.1) is 0 Å². The first kappa shape index (κ1) is 10.8. The van der Waals surface area contributed by atoms with Crippen LogP contribution < -0.4 is 5.73 Å². The minimum atomic E-state index is -0.491. The monoisotopic (exact) mass is 218 g/mol. The van der Waals surface area contributed by atoms with Crippen LogP contribution in [0.2, 0.25) is 0 Å². The molecule has 1 aromatic heterocycles. The highest BCUT2D eigenvalue weighted by atomic mass is 16.3. The second-order valence-electron chi connectivity index (χ2n) is 3.57. The number of nitrogens with zero attached hydrogens (tertiary/aromatic N) is 3. The summed E-state index contributed by atoms with van der Waals surface area (Å²) < 4.78 is 1.60. The predicted octanol–water partition coefficient (Wildman–Crippen LogP) is 0.474. The summed E-state index contributed by atoms with van der Waals surface area (Å²) in [7, 11) is 1.77. The van der Waals surface area contributed by atoms with Crippen molar-refractivity contribution in [3.8, 4) is 11.4 Å². The molecule has 0 saturated carbocycles. The standard InChI is InChI=1S/C11H14N4O/c1-15-11(9(12)7-16)13-10(14-15)8-5-3-2-4-6-8/h2-6,9,16H,7,12H2,1H3. The van der Waals surface area contributed by atoms with Crippen molar-refractivity contribution in [3.05, 3.63) is 36.2 Å². The number of benzene rings is 1. The van der Waals surface area contributed by atoms with Gasteiger partial charge in [-0.2, -0.15) is 5.10 Å². The number of aryl methyl sites for hydroxylation is 1. The SMILES string of the molecule is Cn1nc(-c2ccccc2)nc1C(N)CO. The molecule has 0 spiro atoms. The smallest absolute Gasteiger partial charge is 0.181 e. The quantitative estimate of drug-likeness (QED) is 0.785. The van der Waals surface area contributed by atoms with Crippen molar-refractivity contribution in [1.29, 1.82) is 0 Å². The van der Waals surface area contributed by atoms with Gasteiger partial charge in [0.05, 0.1) is 12.6 Å². The molecule has 84 valence electrons. The molecule has 5 nitrogen and oxygen atoms in total. The molecule has 0 aliphatic carbocycles. The number of hydrogen-bond acceptors (Lipinski definition) is 4. The Morgan fingerprint density at radius 2 is 2.06 bits per heavy atom. The third kappa shape index (κ3) is 1.95. The number of nitrogens with two attached hydrogens (primary N) is 1. The number of aliphatic hydroxyl groups excluding tert-OH is 1. The van der Waals surface area contributed by atoms with Crippen molar-refractivity contribution in [1.82, 2.24) is 14.8 Å². The van der Waals surface area contributed by atoms with E-state index in [0.29, 0.717) is 11.6 Å². The topological polar surface area (TPSA) is 77.0 Å². The Balaban J connectivity index is 2.38. The molecule has 5 heteroatoms. The van der Waals surface area contributed by atoms with E-state index in [4.69, 9.17) is 10.8 Å². The summed E-state index contributed by atoms with van der Waals surface area (Å²) >= 11 is 0. The fourth-order valence-electron chi connectivity index (χ4n) is 1.51. The predicted molar refractivity (Wildman–Crippen MR) is 60.5 cm³/mol. The van der Waals surface area contributed by atoms with Crippen molar-refractivity contribution in [2.75, 3.05) is 6.61 Å². The Labute approximate surface area is 93.5 Å². The highest BCUT2D eigenvalue weighted by Crippen LogP contribution is 2.16. The molecule has 0 amide bonds. The fraction of sp³-hybridized carbons (Fsp3) is 0.273. The summed E-state index contributed by atoms with van der Waals surface area (Å²) in [6, 6.07) is 9.17. The summed E-state index contributed by atoms with van der Waals surface area (Å²) in [5.41, 5.74) is 6.65. The molecular formula is C11H14N4O. The van der Waals surface area contributed by atoms with Crippen LogP contribution >= 0.6 is 0 Å². The van der Waals surface area contributed by atoms with Crippen LogP contribution in [0.25, 0.3) is 11.4 Å².